The smallest absolute Gasteiger partial charge is 0.161 e. The fourth-order valence-electron chi connectivity index (χ4n) is 2.35. The third-order valence-electron chi connectivity index (χ3n) is 3.55. The Morgan fingerprint density at radius 2 is 1.59 bits per heavy atom. The van der Waals surface area contributed by atoms with Crippen LogP contribution in [0.2, 0.25) is 0 Å². The Balaban J connectivity index is 2.31. The number of ether oxygens (including phenoxy) is 3. The zero-order valence-electron chi connectivity index (χ0n) is 13.3. The minimum absolute atomic E-state index is 0.292. The molecule has 0 N–H and O–H groups in total. The molecule has 2 aromatic rings. The molecule has 0 aliphatic rings. The van der Waals surface area contributed by atoms with Crippen LogP contribution in [0.4, 0.5) is 0 Å². The van der Waals surface area contributed by atoms with Gasteiger partial charge in [0.2, 0.25) is 0 Å². The number of aldehydes is 1. The van der Waals surface area contributed by atoms with E-state index < -0.39 is 0 Å². The summed E-state index contributed by atoms with van der Waals surface area (Å²) in [7, 11) is 3.11. The van der Waals surface area contributed by atoms with Crippen LogP contribution in [-0.2, 0) is 6.61 Å². The molecule has 0 fully saturated rings. The minimum atomic E-state index is 0.292. The molecule has 0 saturated heterocycles. The molecule has 0 aliphatic heterocycles. The third kappa shape index (κ3) is 3.22. The SMILES string of the molecule is COc1cc(C=O)c(COc2c(C)cccc2C)cc1OC. The van der Waals surface area contributed by atoms with Gasteiger partial charge in [-0.15, -0.1) is 0 Å². The fourth-order valence-corrected chi connectivity index (χ4v) is 2.35. The zero-order valence-corrected chi connectivity index (χ0v) is 13.3. The Morgan fingerprint density at radius 1 is 1.00 bits per heavy atom. The molecule has 0 aromatic heterocycles. The van der Waals surface area contributed by atoms with E-state index in [0.29, 0.717) is 23.7 Å². The highest BCUT2D eigenvalue weighted by Crippen LogP contribution is 2.31. The van der Waals surface area contributed by atoms with Gasteiger partial charge >= 0.3 is 0 Å². The second-order valence-electron chi connectivity index (χ2n) is 5.03. The maximum Gasteiger partial charge on any atom is 0.161 e. The summed E-state index contributed by atoms with van der Waals surface area (Å²) in [5.74, 6) is 1.95. The second kappa shape index (κ2) is 6.98. The number of aryl methyl sites for hydroxylation is 2. The molecule has 4 heteroatoms. The third-order valence-corrected chi connectivity index (χ3v) is 3.55. The molecule has 0 aliphatic carbocycles. The van der Waals surface area contributed by atoms with E-state index in [1.807, 2.05) is 32.0 Å². The Kier molecular flexibility index (Phi) is 5.04. The van der Waals surface area contributed by atoms with Gasteiger partial charge < -0.3 is 14.2 Å². The van der Waals surface area contributed by atoms with Crippen molar-refractivity contribution in [1.82, 2.24) is 0 Å². The highest BCUT2D eigenvalue weighted by molar-refractivity contribution is 5.79. The summed E-state index contributed by atoms with van der Waals surface area (Å²) >= 11 is 0. The molecule has 0 heterocycles. The van der Waals surface area contributed by atoms with Gasteiger partial charge in [-0.05, 0) is 37.1 Å². The van der Waals surface area contributed by atoms with E-state index in [9.17, 15) is 4.79 Å². The van der Waals surface area contributed by atoms with Gasteiger partial charge in [-0.1, -0.05) is 18.2 Å². The van der Waals surface area contributed by atoms with Crippen molar-refractivity contribution in [2.24, 2.45) is 0 Å². The summed E-state index contributed by atoms with van der Waals surface area (Å²) in [4.78, 5) is 11.3. The maximum atomic E-state index is 11.3. The predicted octanol–water partition coefficient (Wildman–Crippen LogP) is 3.71. The number of hydrogen-bond donors (Lipinski definition) is 0. The first kappa shape index (κ1) is 15.9. The lowest BCUT2D eigenvalue weighted by atomic mass is 10.1. The van der Waals surface area contributed by atoms with Gasteiger partial charge in [0.25, 0.3) is 0 Å². The number of benzene rings is 2. The monoisotopic (exact) mass is 300 g/mol. The minimum Gasteiger partial charge on any atom is -0.493 e. The zero-order chi connectivity index (χ0) is 16.1. The molecular formula is C18H20O4. The molecule has 2 rings (SSSR count). The molecule has 2 aromatic carbocycles. The normalized spacial score (nSPS) is 10.2. The molecule has 0 unspecified atom stereocenters. The van der Waals surface area contributed by atoms with Gasteiger partial charge in [0.05, 0.1) is 14.2 Å². The van der Waals surface area contributed by atoms with E-state index in [4.69, 9.17) is 14.2 Å². The number of para-hydroxylation sites is 1. The molecule has 0 bridgehead atoms. The van der Waals surface area contributed by atoms with E-state index in [-0.39, 0.29) is 0 Å². The first-order chi connectivity index (χ1) is 10.6. The average molecular weight is 300 g/mol. The van der Waals surface area contributed by atoms with Gasteiger partial charge in [0.1, 0.15) is 12.4 Å². The van der Waals surface area contributed by atoms with E-state index in [2.05, 4.69) is 0 Å². The van der Waals surface area contributed by atoms with Gasteiger partial charge in [0, 0.05) is 11.1 Å². The van der Waals surface area contributed by atoms with E-state index in [0.717, 1.165) is 28.7 Å². The Morgan fingerprint density at radius 3 is 2.14 bits per heavy atom. The number of rotatable bonds is 6. The predicted molar refractivity (Wildman–Crippen MR) is 85.2 cm³/mol. The number of carbonyl (C=O) groups excluding carboxylic acids is 1. The van der Waals surface area contributed by atoms with Crippen molar-refractivity contribution in [3.8, 4) is 17.2 Å². The molecule has 4 nitrogen and oxygen atoms in total. The standard InChI is InChI=1S/C18H20O4/c1-12-6-5-7-13(2)18(12)22-11-15-9-17(21-4)16(20-3)8-14(15)10-19/h5-10H,11H2,1-4H3. The van der Waals surface area contributed by atoms with Crippen LogP contribution in [0.3, 0.4) is 0 Å². The van der Waals surface area contributed by atoms with Crippen molar-refractivity contribution < 1.29 is 19.0 Å². The van der Waals surface area contributed by atoms with Crippen molar-refractivity contribution in [2.45, 2.75) is 20.5 Å². The van der Waals surface area contributed by atoms with Crippen LogP contribution < -0.4 is 14.2 Å². The van der Waals surface area contributed by atoms with E-state index >= 15 is 0 Å². The van der Waals surface area contributed by atoms with Crippen molar-refractivity contribution >= 4 is 6.29 Å². The summed E-state index contributed by atoms with van der Waals surface area (Å²) in [5.41, 5.74) is 3.42. The average Bonchev–Trinajstić information content (AvgIpc) is 2.53. The van der Waals surface area contributed by atoms with Crippen LogP contribution in [0.1, 0.15) is 27.0 Å². The molecule has 0 spiro atoms. The lowest BCUT2D eigenvalue weighted by Gasteiger charge is -2.15. The number of hydrogen-bond acceptors (Lipinski definition) is 4. The maximum absolute atomic E-state index is 11.3. The first-order valence-electron chi connectivity index (χ1n) is 6.99. The first-order valence-corrected chi connectivity index (χ1v) is 6.99. The van der Waals surface area contributed by atoms with Crippen molar-refractivity contribution in [3.05, 3.63) is 52.6 Å². The Bertz CT molecular complexity index is 657. The van der Waals surface area contributed by atoms with Gasteiger partial charge in [-0.2, -0.15) is 0 Å². The number of methoxy groups -OCH3 is 2. The van der Waals surface area contributed by atoms with Gasteiger partial charge in [-0.25, -0.2) is 0 Å². The van der Waals surface area contributed by atoms with Crippen molar-refractivity contribution in [2.75, 3.05) is 14.2 Å². The molecular weight excluding hydrogens is 280 g/mol. The molecule has 0 atom stereocenters. The molecule has 0 saturated carbocycles. The van der Waals surface area contributed by atoms with Crippen molar-refractivity contribution in [3.63, 3.8) is 0 Å². The van der Waals surface area contributed by atoms with Crippen LogP contribution >= 0.6 is 0 Å². The van der Waals surface area contributed by atoms with Crippen LogP contribution in [-0.4, -0.2) is 20.5 Å². The van der Waals surface area contributed by atoms with Gasteiger partial charge in [-0.3, -0.25) is 4.79 Å². The quantitative estimate of drug-likeness (QED) is 0.763. The summed E-state index contributed by atoms with van der Waals surface area (Å²) < 4.78 is 16.4. The highest BCUT2D eigenvalue weighted by Gasteiger charge is 2.12. The Hall–Kier alpha value is -2.49. The largest absolute Gasteiger partial charge is 0.493 e. The summed E-state index contributed by atoms with van der Waals surface area (Å²) in [6, 6.07) is 9.42. The molecule has 116 valence electrons. The number of carbonyl (C=O) groups is 1. The van der Waals surface area contributed by atoms with Crippen LogP contribution in [0, 0.1) is 13.8 Å². The second-order valence-corrected chi connectivity index (χ2v) is 5.03. The summed E-state index contributed by atoms with van der Waals surface area (Å²) in [5, 5.41) is 0. The summed E-state index contributed by atoms with van der Waals surface area (Å²) in [6.07, 6.45) is 0.797. The topological polar surface area (TPSA) is 44.8 Å². The molecule has 0 radical (unpaired) electrons. The Labute approximate surface area is 130 Å². The van der Waals surface area contributed by atoms with E-state index in [1.165, 1.54) is 0 Å². The van der Waals surface area contributed by atoms with Gasteiger partial charge in [0.15, 0.2) is 17.8 Å². The molecule has 22 heavy (non-hydrogen) atoms. The van der Waals surface area contributed by atoms with Crippen LogP contribution in [0.25, 0.3) is 0 Å². The van der Waals surface area contributed by atoms with Crippen LogP contribution in [0.15, 0.2) is 30.3 Å². The van der Waals surface area contributed by atoms with Crippen molar-refractivity contribution in [1.29, 1.82) is 0 Å². The highest BCUT2D eigenvalue weighted by atomic mass is 16.5. The molecule has 0 amide bonds. The van der Waals surface area contributed by atoms with E-state index in [1.54, 1.807) is 26.4 Å². The van der Waals surface area contributed by atoms with Crippen LogP contribution in [0.5, 0.6) is 17.2 Å². The summed E-state index contributed by atoms with van der Waals surface area (Å²) in [6.45, 7) is 4.29. The lowest BCUT2D eigenvalue weighted by molar-refractivity contribution is 0.112. The lowest BCUT2D eigenvalue weighted by Crippen LogP contribution is -2.03. The fraction of sp³-hybridized carbons (Fsp3) is 0.278.